The predicted octanol–water partition coefficient (Wildman–Crippen LogP) is 6.07. The molecule has 3 nitrogen and oxygen atoms in total. The zero-order chi connectivity index (χ0) is 20.3. The van der Waals surface area contributed by atoms with Crippen molar-refractivity contribution in [1.82, 2.24) is 9.97 Å². The Morgan fingerprint density at radius 1 is 1.11 bits per heavy atom. The van der Waals surface area contributed by atoms with Crippen molar-refractivity contribution < 1.29 is 8.78 Å². The smallest absolute Gasteiger partial charge is 0.166 e. The molecule has 0 spiro atoms. The number of fused-ring (bicyclic) bond motifs is 1. The summed E-state index contributed by atoms with van der Waals surface area (Å²) in [6.07, 6.45) is 7.35. The minimum atomic E-state index is -0.875. The number of nitrogens with zero attached hydrogens (tertiary/aromatic N) is 2. The lowest BCUT2D eigenvalue weighted by atomic mass is 9.97. The van der Waals surface area contributed by atoms with Crippen molar-refractivity contribution in [2.24, 2.45) is 0 Å². The molecule has 0 unspecified atom stereocenters. The summed E-state index contributed by atoms with van der Waals surface area (Å²) in [5.41, 5.74) is 2.98. The first-order valence-electron chi connectivity index (χ1n) is 8.91. The van der Waals surface area contributed by atoms with Gasteiger partial charge in [-0.05, 0) is 37.1 Å². The van der Waals surface area contributed by atoms with Gasteiger partial charge in [-0.1, -0.05) is 49.1 Å². The monoisotopic (exact) mass is 377 g/mol. The first-order chi connectivity index (χ1) is 13.5. The summed E-state index contributed by atoms with van der Waals surface area (Å²) in [6, 6.07) is 7.76. The molecule has 3 aromatic rings. The second kappa shape index (κ2) is 8.13. The molecule has 3 rings (SSSR count). The van der Waals surface area contributed by atoms with Gasteiger partial charge < -0.3 is 5.32 Å². The summed E-state index contributed by atoms with van der Waals surface area (Å²) < 4.78 is 28.1. The molecule has 0 amide bonds. The molecule has 0 bridgehead atoms. The molecule has 1 aromatic heterocycles. The molecule has 0 aliphatic heterocycles. The van der Waals surface area contributed by atoms with Crippen LogP contribution >= 0.6 is 0 Å². The fraction of sp³-hybridized carbons (Fsp3) is 0.130. The van der Waals surface area contributed by atoms with E-state index < -0.39 is 11.6 Å². The van der Waals surface area contributed by atoms with Crippen LogP contribution in [-0.4, -0.2) is 17.0 Å². The number of aromatic nitrogens is 2. The van der Waals surface area contributed by atoms with Gasteiger partial charge in [0.05, 0.1) is 5.52 Å². The second-order valence-corrected chi connectivity index (χ2v) is 6.23. The van der Waals surface area contributed by atoms with Crippen molar-refractivity contribution >= 4 is 22.3 Å². The van der Waals surface area contributed by atoms with E-state index in [0.717, 1.165) is 22.6 Å². The summed E-state index contributed by atoms with van der Waals surface area (Å²) in [6.45, 7) is 7.61. The highest BCUT2D eigenvalue weighted by molar-refractivity contribution is 5.96. The van der Waals surface area contributed by atoms with E-state index in [1.165, 1.54) is 6.07 Å². The van der Waals surface area contributed by atoms with Crippen molar-refractivity contribution in [2.75, 3.05) is 12.4 Å². The van der Waals surface area contributed by atoms with Crippen LogP contribution < -0.4 is 5.32 Å². The summed E-state index contributed by atoms with van der Waals surface area (Å²) in [4.78, 5) is 9.29. The van der Waals surface area contributed by atoms with Gasteiger partial charge in [-0.3, -0.25) is 0 Å². The van der Waals surface area contributed by atoms with Crippen molar-refractivity contribution in [3.8, 4) is 11.1 Å². The van der Waals surface area contributed by atoms with E-state index in [0.29, 0.717) is 22.7 Å². The van der Waals surface area contributed by atoms with Gasteiger partial charge in [0.2, 0.25) is 0 Å². The Balaban J connectivity index is 2.32. The standard InChI is InChI=1S/C23H21F2N3/c1-5-7-9-15(6-2)22-27-21-14(3)16(12-13-18(21)23(26-4)28-22)17-10-8-11-19(24)20(17)25/h5-13H,2H2,1,3-4H3,(H,26,27,28)/b7-5-,15-9+. The van der Waals surface area contributed by atoms with Gasteiger partial charge in [0.15, 0.2) is 17.5 Å². The molecule has 0 saturated carbocycles. The Morgan fingerprint density at radius 3 is 2.57 bits per heavy atom. The molecule has 142 valence electrons. The molecular weight excluding hydrogens is 356 g/mol. The van der Waals surface area contributed by atoms with E-state index in [9.17, 15) is 8.78 Å². The number of hydrogen-bond donors (Lipinski definition) is 1. The maximum atomic E-state index is 14.4. The normalized spacial score (nSPS) is 12.0. The zero-order valence-electron chi connectivity index (χ0n) is 16.1. The maximum absolute atomic E-state index is 14.4. The van der Waals surface area contributed by atoms with E-state index in [1.54, 1.807) is 25.3 Å². The van der Waals surface area contributed by atoms with E-state index in [1.807, 2.05) is 38.1 Å². The van der Waals surface area contributed by atoms with Crippen LogP contribution in [0.2, 0.25) is 0 Å². The average molecular weight is 377 g/mol. The van der Waals surface area contributed by atoms with Crippen molar-refractivity contribution in [2.45, 2.75) is 13.8 Å². The molecule has 0 fully saturated rings. The van der Waals surface area contributed by atoms with E-state index in [2.05, 4.69) is 16.9 Å². The van der Waals surface area contributed by atoms with Gasteiger partial charge >= 0.3 is 0 Å². The molecule has 0 aliphatic rings. The zero-order valence-corrected chi connectivity index (χ0v) is 16.1. The molecule has 5 heteroatoms. The van der Waals surface area contributed by atoms with E-state index in [-0.39, 0.29) is 5.56 Å². The molecule has 0 radical (unpaired) electrons. The van der Waals surface area contributed by atoms with Gasteiger partial charge in [0, 0.05) is 23.6 Å². The third-order valence-electron chi connectivity index (χ3n) is 4.55. The van der Waals surface area contributed by atoms with E-state index >= 15 is 0 Å². The Kier molecular flexibility index (Phi) is 5.64. The molecule has 0 aliphatic carbocycles. The molecular formula is C23H21F2N3. The molecule has 2 aromatic carbocycles. The Hall–Kier alpha value is -3.34. The number of hydrogen-bond acceptors (Lipinski definition) is 3. The van der Waals surface area contributed by atoms with Crippen LogP contribution in [0.3, 0.4) is 0 Å². The summed E-state index contributed by atoms with van der Waals surface area (Å²) in [5.74, 6) is -0.583. The van der Waals surface area contributed by atoms with Crippen LogP contribution in [0.25, 0.3) is 27.6 Å². The summed E-state index contributed by atoms with van der Waals surface area (Å²) in [7, 11) is 1.78. The minimum absolute atomic E-state index is 0.207. The van der Waals surface area contributed by atoms with Crippen LogP contribution in [0, 0.1) is 18.6 Å². The molecule has 1 heterocycles. The third-order valence-corrected chi connectivity index (χ3v) is 4.55. The first kappa shape index (κ1) is 19.4. The Labute approximate surface area is 163 Å². The van der Waals surface area contributed by atoms with Crippen LogP contribution in [0.4, 0.5) is 14.6 Å². The van der Waals surface area contributed by atoms with Gasteiger partial charge in [0.25, 0.3) is 0 Å². The fourth-order valence-electron chi connectivity index (χ4n) is 3.09. The van der Waals surface area contributed by atoms with Crippen LogP contribution in [0.15, 0.2) is 61.2 Å². The maximum Gasteiger partial charge on any atom is 0.166 e. The molecule has 28 heavy (non-hydrogen) atoms. The van der Waals surface area contributed by atoms with Gasteiger partial charge in [-0.25, -0.2) is 18.7 Å². The largest absolute Gasteiger partial charge is 0.373 e. The Bertz CT molecular complexity index is 1110. The highest BCUT2D eigenvalue weighted by atomic mass is 19.2. The van der Waals surface area contributed by atoms with E-state index in [4.69, 9.17) is 4.98 Å². The number of anilines is 1. The molecule has 0 saturated heterocycles. The topological polar surface area (TPSA) is 37.8 Å². The molecule has 1 N–H and O–H groups in total. The van der Waals surface area contributed by atoms with Gasteiger partial charge in [-0.15, -0.1) is 0 Å². The number of aryl methyl sites for hydroxylation is 1. The minimum Gasteiger partial charge on any atom is -0.373 e. The number of nitrogens with one attached hydrogen (secondary N) is 1. The SMILES string of the molecule is C=C/C(=C\C=C/C)c1nc(NC)c2ccc(-c3cccc(F)c3F)c(C)c2n1. The number of benzene rings is 2. The summed E-state index contributed by atoms with van der Waals surface area (Å²) in [5, 5.41) is 3.89. The lowest BCUT2D eigenvalue weighted by Crippen LogP contribution is -2.03. The van der Waals surface area contributed by atoms with Crippen LogP contribution in [0.1, 0.15) is 18.3 Å². The van der Waals surface area contributed by atoms with Crippen LogP contribution in [0.5, 0.6) is 0 Å². The fourth-order valence-corrected chi connectivity index (χ4v) is 3.09. The van der Waals surface area contributed by atoms with Crippen molar-refractivity contribution in [1.29, 1.82) is 0 Å². The quantitative estimate of drug-likeness (QED) is 0.548. The average Bonchev–Trinajstić information content (AvgIpc) is 2.71. The number of rotatable bonds is 5. The first-order valence-corrected chi connectivity index (χ1v) is 8.91. The highest BCUT2D eigenvalue weighted by Gasteiger charge is 2.17. The third kappa shape index (κ3) is 3.43. The Morgan fingerprint density at radius 2 is 1.89 bits per heavy atom. The number of allylic oxidation sites excluding steroid dienone is 5. The highest BCUT2D eigenvalue weighted by Crippen LogP contribution is 2.34. The predicted molar refractivity (Wildman–Crippen MR) is 112 cm³/mol. The lowest BCUT2D eigenvalue weighted by Gasteiger charge is -2.14. The van der Waals surface area contributed by atoms with Crippen molar-refractivity contribution in [3.05, 3.63) is 84.2 Å². The lowest BCUT2D eigenvalue weighted by molar-refractivity contribution is 0.511. The van der Waals surface area contributed by atoms with Crippen LogP contribution in [-0.2, 0) is 0 Å². The second-order valence-electron chi connectivity index (χ2n) is 6.23. The van der Waals surface area contributed by atoms with Crippen molar-refractivity contribution in [3.63, 3.8) is 0 Å². The van der Waals surface area contributed by atoms with Gasteiger partial charge in [-0.2, -0.15) is 0 Å². The molecule has 0 atom stereocenters. The number of halogens is 2. The van der Waals surface area contributed by atoms with Gasteiger partial charge in [0.1, 0.15) is 5.82 Å². The summed E-state index contributed by atoms with van der Waals surface area (Å²) >= 11 is 0.